The van der Waals surface area contributed by atoms with Crippen LogP contribution < -0.4 is 0 Å². The molecule has 0 spiro atoms. The van der Waals surface area contributed by atoms with Crippen molar-refractivity contribution >= 4 is 10.9 Å². The van der Waals surface area contributed by atoms with Crippen LogP contribution >= 0.6 is 0 Å². The van der Waals surface area contributed by atoms with E-state index in [1.54, 1.807) is 14.2 Å². The molecule has 0 fully saturated rings. The standard InChI is InChI=1S/C30H36N2O3/c1-23-14-15-28-27(20-23)29(24-10-6-4-7-11-24)30(25-12-8-5-9-13-25)32(28)22-26(33)21-31(16-18-34-2)17-19-35-3/h4-15,20,26,33H,16-19,21-22H2,1-3H3. The highest BCUT2D eigenvalue weighted by Gasteiger charge is 2.22. The van der Waals surface area contributed by atoms with Crippen molar-refractivity contribution in [3.63, 3.8) is 0 Å². The number of nitrogens with zero attached hydrogens (tertiary/aromatic N) is 2. The molecule has 0 aliphatic rings. The summed E-state index contributed by atoms with van der Waals surface area (Å²) in [6, 6.07) is 27.6. The predicted octanol–water partition coefficient (Wildman–Crippen LogP) is 5.24. The molecule has 3 aromatic carbocycles. The van der Waals surface area contributed by atoms with Gasteiger partial charge in [0.05, 0.1) is 31.6 Å². The van der Waals surface area contributed by atoms with Crippen LogP contribution in [0.2, 0.25) is 0 Å². The van der Waals surface area contributed by atoms with E-state index in [-0.39, 0.29) is 0 Å². The van der Waals surface area contributed by atoms with E-state index in [0.29, 0.717) is 26.3 Å². The summed E-state index contributed by atoms with van der Waals surface area (Å²) >= 11 is 0. The molecule has 0 aliphatic carbocycles. The molecule has 184 valence electrons. The third kappa shape index (κ3) is 6.00. The minimum absolute atomic E-state index is 0.493. The highest BCUT2D eigenvalue weighted by Crippen LogP contribution is 2.41. The molecule has 35 heavy (non-hydrogen) atoms. The lowest BCUT2D eigenvalue weighted by molar-refractivity contribution is 0.0634. The molecule has 1 atom stereocenters. The van der Waals surface area contributed by atoms with E-state index in [4.69, 9.17) is 9.47 Å². The average molecular weight is 473 g/mol. The number of ether oxygens (including phenoxy) is 2. The van der Waals surface area contributed by atoms with Crippen LogP contribution in [-0.2, 0) is 16.0 Å². The van der Waals surface area contributed by atoms with Gasteiger partial charge >= 0.3 is 0 Å². The lowest BCUT2D eigenvalue weighted by Gasteiger charge is -2.25. The quantitative estimate of drug-likeness (QED) is 0.306. The Morgan fingerprint density at radius 2 is 1.43 bits per heavy atom. The Morgan fingerprint density at radius 3 is 2.03 bits per heavy atom. The maximum Gasteiger partial charge on any atom is 0.0846 e. The second kappa shape index (κ2) is 12.1. The van der Waals surface area contributed by atoms with Crippen LogP contribution in [0, 0.1) is 6.92 Å². The second-order valence-electron chi connectivity index (χ2n) is 9.03. The Hall–Kier alpha value is -2.96. The lowest BCUT2D eigenvalue weighted by Crippen LogP contribution is -2.38. The fourth-order valence-corrected chi connectivity index (χ4v) is 4.75. The van der Waals surface area contributed by atoms with Crippen LogP contribution in [0.1, 0.15) is 5.56 Å². The molecule has 0 bridgehead atoms. The van der Waals surface area contributed by atoms with E-state index in [9.17, 15) is 5.11 Å². The van der Waals surface area contributed by atoms with Crippen LogP contribution in [-0.4, -0.2) is 67.7 Å². The zero-order valence-corrected chi connectivity index (χ0v) is 21.0. The number of aryl methyl sites for hydroxylation is 1. The van der Waals surface area contributed by atoms with Crippen LogP contribution in [0.3, 0.4) is 0 Å². The molecular formula is C30H36N2O3. The molecular weight excluding hydrogens is 436 g/mol. The molecule has 0 aliphatic heterocycles. The van der Waals surface area contributed by atoms with Gasteiger partial charge in [-0.15, -0.1) is 0 Å². The van der Waals surface area contributed by atoms with Crippen LogP contribution in [0.25, 0.3) is 33.3 Å². The summed E-state index contributed by atoms with van der Waals surface area (Å²) in [6.07, 6.45) is -0.549. The summed E-state index contributed by atoms with van der Waals surface area (Å²) in [4.78, 5) is 2.20. The molecule has 1 aromatic heterocycles. The first kappa shape index (κ1) is 25.1. The maximum absolute atomic E-state index is 11.3. The lowest BCUT2D eigenvalue weighted by atomic mass is 9.98. The van der Waals surface area contributed by atoms with Crippen molar-refractivity contribution in [2.45, 2.75) is 19.6 Å². The summed E-state index contributed by atoms with van der Waals surface area (Å²) in [5, 5.41) is 12.5. The number of fused-ring (bicyclic) bond motifs is 1. The van der Waals surface area contributed by atoms with Crippen LogP contribution in [0.4, 0.5) is 0 Å². The van der Waals surface area contributed by atoms with Gasteiger partial charge in [-0.1, -0.05) is 72.3 Å². The molecule has 5 heteroatoms. The topological polar surface area (TPSA) is 46.9 Å². The minimum Gasteiger partial charge on any atom is -0.390 e. The first-order valence-electron chi connectivity index (χ1n) is 12.2. The highest BCUT2D eigenvalue weighted by atomic mass is 16.5. The summed E-state index contributed by atoms with van der Waals surface area (Å²) in [7, 11) is 3.41. The normalized spacial score (nSPS) is 12.5. The van der Waals surface area contributed by atoms with Gasteiger partial charge in [0.15, 0.2) is 0 Å². The van der Waals surface area contributed by atoms with E-state index in [2.05, 4.69) is 89.2 Å². The van der Waals surface area contributed by atoms with Crippen molar-refractivity contribution in [3.8, 4) is 22.4 Å². The van der Waals surface area contributed by atoms with Crippen molar-refractivity contribution in [1.82, 2.24) is 9.47 Å². The van der Waals surface area contributed by atoms with Gasteiger partial charge in [-0.2, -0.15) is 0 Å². The van der Waals surface area contributed by atoms with Crippen LogP contribution in [0.5, 0.6) is 0 Å². The van der Waals surface area contributed by atoms with Gasteiger partial charge in [0.2, 0.25) is 0 Å². The maximum atomic E-state index is 11.3. The van der Waals surface area contributed by atoms with Crippen molar-refractivity contribution in [3.05, 3.63) is 84.4 Å². The van der Waals surface area contributed by atoms with Gasteiger partial charge in [0.25, 0.3) is 0 Å². The molecule has 1 heterocycles. The summed E-state index contributed by atoms with van der Waals surface area (Å²) < 4.78 is 12.9. The molecule has 4 aromatic rings. The summed E-state index contributed by atoms with van der Waals surface area (Å²) in [5.41, 5.74) is 7.01. The van der Waals surface area contributed by atoms with Gasteiger partial charge in [0, 0.05) is 50.3 Å². The van der Waals surface area contributed by atoms with Gasteiger partial charge in [0.1, 0.15) is 0 Å². The number of aliphatic hydroxyl groups is 1. The van der Waals surface area contributed by atoms with Gasteiger partial charge in [-0.05, 0) is 30.2 Å². The number of rotatable bonds is 12. The first-order chi connectivity index (χ1) is 17.1. The van der Waals surface area contributed by atoms with Crippen molar-refractivity contribution in [2.75, 3.05) is 47.1 Å². The average Bonchev–Trinajstić information content (AvgIpc) is 3.19. The number of hydrogen-bond donors (Lipinski definition) is 1. The Balaban J connectivity index is 1.80. The first-order valence-corrected chi connectivity index (χ1v) is 12.2. The Bertz CT molecular complexity index is 1200. The molecule has 0 amide bonds. The number of hydrogen-bond acceptors (Lipinski definition) is 4. The zero-order chi connectivity index (χ0) is 24.6. The van der Waals surface area contributed by atoms with E-state index in [1.807, 2.05) is 6.07 Å². The molecule has 0 saturated carbocycles. The summed E-state index contributed by atoms with van der Waals surface area (Å²) in [5.74, 6) is 0. The molecule has 1 unspecified atom stereocenters. The molecule has 4 rings (SSSR count). The number of benzene rings is 3. The third-order valence-electron chi connectivity index (χ3n) is 6.41. The molecule has 0 radical (unpaired) electrons. The van der Waals surface area contributed by atoms with Crippen molar-refractivity contribution in [2.24, 2.45) is 0 Å². The minimum atomic E-state index is -0.549. The monoisotopic (exact) mass is 472 g/mol. The predicted molar refractivity (Wildman–Crippen MR) is 144 cm³/mol. The Morgan fingerprint density at radius 1 is 0.829 bits per heavy atom. The largest absolute Gasteiger partial charge is 0.390 e. The number of methoxy groups -OCH3 is 2. The number of aliphatic hydroxyl groups excluding tert-OH is 1. The Kier molecular flexibility index (Phi) is 8.72. The second-order valence-corrected chi connectivity index (χ2v) is 9.03. The molecule has 0 saturated heterocycles. The van der Waals surface area contributed by atoms with Crippen LogP contribution in [0.15, 0.2) is 78.9 Å². The van der Waals surface area contributed by atoms with E-state index in [0.717, 1.165) is 29.9 Å². The fraction of sp³-hybridized carbons (Fsp3) is 0.333. The SMILES string of the molecule is COCCN(CCOC)CC(O)Cn1c(-c2ccccc2)c(-c2ccccc2)c2cc(C)ccc21. The fourth-order valence-electron chi connectivity index (χ4n) is 4.75. The van der Waals surface area contributed by atoms with Gasteiger partial charge in [-0.3, -0.25) is 4.90 Å². The highest BCUT2D eigenvalue weighted by molar-refractivity contribution is 6.04. The van der Waals surface area contributed by atoms with Crippen molar-refractivity contribution < 1.29 is 14.6 Å². The van der Waals surface area contributed by atoms with E-state index < -0.39 is 6.10 Å². The molecule has 1 N–H and O–H groups in total. The summed E-state index contributed by atoms with van der Waals surface area (Å²) in [6.45, 7) is 5.92. The Labute approximate surface area is 208 Å². The number of aromatic nitrogens is 1. The van der Waals surface area contributed by atoms with Crippen molar-refractivity contribution in [1.29, 1.82) is 0 Å². The molecule has 5 nitrogen and oxygen atoms in total. The van der Waals surface area contributed by atoms with E-state index >= 15 is 0 Å². The van der Waals surface area contributed by atoms with Gasteiger partial charge < -0.3 is 19.1 Å². The zero-order valence-electron chi connectivity index (χ0n) is 21.0. The van der Waals surface area contributed by atoms with E-state index in [1.165, 1.54) is 22.1 Å². The smallest absolute Gasteiger partial charge is 0.0846 e. The third-order valence-corrected chi connectivity index (χ3v) is 6.41. The van der Waals surface area contributed by atoms with Gasteiger partial charge in [-0.25, -0.2) is 0 Å².